The Morgan fingerprint density at radius 2 is 2.11 bits per heavy atom. The fraction of sp³-hybridized carbons (Fsp3) is 0.500. The molecule has 0 saturated carbocycles. The number of hydrogen-bond acceptors (Lipinski definition) is 3. The van der Waals surface area contributed by atoms with Crippen LogP contribution in [0.25, 0.3) is 0 Å². The highest BCUT2D eigenvalue weighted by Crippen LogP contribution is 2.10. The first-order valence-corrected chi connectivity index (χ1v) is 6.43. The molecule has 0 aliphatic carbocycles. The van der Waals surface area contributed by atoms with Crippen molar-refractivity contribution in [1.82, 2.24) is 5.32 Å². The monoisotopic (exact) mass is 268 g/mol. The van der Waals surface area contributed by atoms with Crippen LogP contribution in [0.15, 0.2) is 24.3 Å². The second-order valence-corrected chi connectivity index (χ2v) is 4.74. The first kappa shape index (κ1) is 15.6. The number of anilines is 1. The molecule has 0 aliphatic heterocycles. The van der Waals surface area contributed by atoms with Crippen LogP contribution in [-0.2, 0) is 4.79 Å². The van der Waals surface area contributed by atoms with E-state index in [1.165, 1.54) is 12.1 Å². The summed E-state index contributed by atoms with van der Waals surface area (Å²) in [5.74, 6) is -0.540. The number of aliphatic hydroxyl groups excluding tert-OH is 1. The number of carbonyl (C=O) groups excluding carboxylic acids is 1. The maximum absolute atomic E-state index is 12.9. The molecule has 0 spiro atoms. The minimum atomic E-state index is -0.374. The van der Waals surface area contributed by atoms with E-state index in [1.807, 2.05) is 13.8 Å². The molecule has 1 rings (SSSR count). The molecule has 4 nitrogen and oxygen atoms in total. The number of halogens is 1. The Morgan fingerprint density at radius 3 is 2.74 bits per heavy atom. The molecule has 2 atom stereocenters. The second kappa shape index (κ2) is 7.86. The van der Waals surface area contributed by atoms with Crippen LogP contribution in [0.2, 0.25) is 0 Å². The topological polar surface area (TPSA) is 61.4 Å². The molecule has 5 heteroatoms. The van der Waals surface area contributed by atoms with Crippen LogP contribution in [0.5, 0.6) is 0 Å². The maximum Gasteiger partial charge on any atom is 0.225 e. The van der Waals surface area contributed by atoms with Gasteiger partial charge in [-0.25, -0.2) is 4.39 Å². The number of benzene rings is 1. The van der Waals surface area contributed by atoms with Gasteiger partial charge in [-0.2, -0.15) is 0 Å². The second-order valence-electron chi connectivity index (χ2n) is 4.74. The summed E-state index contributed by atoms with van der Waals surface area (Å²) in [6.45, 7) is 3.98. The lowest BCUT2D eigenvalue weighted by Gasteiger charge is -2.19. The number of carbonyl (C=O) groups is 1. The molecule has 0 saturated heterocycles. The summed E-state index contributed by atoms with van der Waals surface area (Å²) < 4.78 is 12.9. The lowest BCUT2D eigenvalue weighted by molar-refractivity contribution is -0.116. The average molecular weight is 268 g/mol. The van der Waals surface area contributed by atoms with E-state index in [2.05, 4.69) is 10.6 Å². The van der Waals surface area contributed by atoms with Crippen molar-refractivity contribution < 1.29 is 14.3 Å². The number of amides is 1. The molecule has 106 valence electrons. The Labute approximate surface area is 113 Å². The summed E-state index contributed by atoms with van der Waals surface area (Å²) in [5, 5.41) is 14.7. The van der Waals surface area contributed by atoms with Gasteiger partial charge < -0.3 is 15.7 Å². The Bertz CT molecular complexity index is 412. The van der Waals surface area contributed by atoms with E-state index < -0.39 is 0 Å². The molecule has 0 aliphatic rings. The van der Waals surface area contributed by atoms with E-state index in [1.54, 1.807) is 12.1 Å². The molecule has 0 radical (unpaired) electrons. The predicted octanol–water partition coefficient (Wildman–Crippen LogP) is 1.90. The lowest BCUT2D eigenvalue weighted by atomic mass is 10.1. The van der Waals surface area contributed by atoms with Crippen molar-refractivity contribution in [3.05, 3.63) is 30.1 Å². The molecule has 1 unspecified atom stereocenters. The van der Waals surface area contributed by atoms with Crippen molar-refractivity contribution in [1.29, 1.82) is 0 Å². The Balaban J connectivity index is 2.38. The van der Waals surface area contributed by atoms with Gasteiger partial charge in [0.1, 0.15) is 5.82 Å². The first-order valence-electron chi connectivity index (χ1n) is 6.43. The van der Waals surface area contributed by atoms with Crippen LogP contribution in [0.1, 0.15) is 26.7 Å². The van der Waals surface area contributed by atoms with Crippen molar-refractivity contribution in [3.8, 4) is 0 Å². The minimum absolute atomic E-state index is 0.00453. The Kier molecular flexibility index (Phi) is 6.45. The summed E-state index contributed by atoms with van der Waals surface area (Å²) in [5.41, 5.74) is 0.459. The fourth-order valence-electron chi connectivity index (χ4n) is 1.88. The van der Waals surface area contributed by atoms with Gasteiger partial charge in [-0.3, -0.25) is 4.79 Å². The van der Waals surface area contributed by atoms with Gasteiger partial charge >= 0.3 is 0 Å². The molecule has 0 fully saturated rings. The first-order chi connectivity index (χ1) is 9.01. The molecule has 0 bridgehead atoms. The fourth-order valence-corrected chi connectivity index (χ4v) is 1.88. The smallest absolute Gasteiger partial charge is 0.225 e. The number of aliphatic hydroxyl groups is 1. The highest BCUT2D eigenvalue weighted by atomic mass is 19.1. The Hall–Kier alpha value is -1.46. The van der Waals surface area contributed by atoms with E-state index in [0.29, 0.717) is 18.5 Å². The number of nitrogens with one attached hydrogen (secondary N) is 2. The zero-order chi connectivity index (χ0) is 14.3. The molecule has 1 aromatic carbocycles. The highest BCUT2D eigenvalue weighted by molar-refractivity contribution is 5.91. The molecule has 0 heterocycles. The van der Waals surface area contributed by atoms with Crippen LogP contribution < -0.4 is 10.6 Å². The standard InChI is InChI=1S/C14H21FN2O2/c1-10(6-7-18)16-11(2)8-14(19)17-13-5-3-4-12(15)9-13/h3-5,9-11,16,18H,6-8H2,1-2H3,(H,17,19)/t10-,11?/m1/s1. The van der Waals surface area contributed by atoms with Crippen molar-refractivity contribution in [3.63, 3.8) is 0 Å². The van der Waals surface area contributed by atoms with Crippen molar-refractivity contribution in [2.24, 2.45) is 0 Å². The average Bonchev–Trinajstić information content (AvgIpc) is 2.28. The van der Waals surface area contributed by atoms with Crippen molar-refractivity contribution in [2.75, 3.05) is 11.9 Å². The molecular formula is C14H21FN2O2. The number of rotatable bonds is 7. The molecule has 1 aromatic rings. The molecule has 3 N–H and O–H groups in total. The molecule has 1 amide bonds. The highest BCUT2D eigenvalue weighted by Gasteiger charge is 2.11. The van der Waals surface area contributed by atoms with Gasteiger partial charge in [-0.1, -0.05) is 6.07 Å². The quantitative estimate of drug-likeness (QED) is 0.708. The van der Waals surface area contributed by atoms with Crippen LogP contribution >= 0.6 is 0 Å². The van der Waals surface area contributed by atoms with E-state index >= 15 is 0 Å². The molecular weight excluding hydrogens is 247 g/mol. The van der Waals surface area contributed by atoms with Crippen molar-refractivity contribution in [2.45, 2.75) is 38.8 Å². The maximum atomic E-state index is 12.9. The third-order valence-electron chi connectivity index (χ3n) is 2.73. The summed E-state index contributed by atoms with van der Waals surface area (Å²) in [6.07, 6.45) is 0.947. The van der Waals surface area contributed by atoms with Gasteiger partial charge in [-0.15, -0.1) is 0 Å². The van der Waals surface area contributed by atoms with Gasteiger partial charge in [0.25, 0.3) is 0 Å². The normalized spacial score (nSPS) is 13.9. The minimum Gasteiger partial charge on any atom is -0.396 e. The van der Waals surface area contributed by atoms with Crippen LogP contribution in [0.4, 0.5) is 10.1 Å². The van der Waals surface area contributed by atoms with Crippen LogP contribution in [0, 0.1) is 5.82 Å². The number of hydrogen-bond donors (Lipinski definition) is 3. The van der Waals surface area contributed by atoms with Crippen LogP contribution in [-0.4, -0.2) is 29.7 Å². The van der Waals surface area contributed by atoms with E-state index in [9.17, 15) is 9.18 Å². The van der Waals surface area contributed by atoms with E-state index in [4.69, 9.17) is 5.11 Å². The molecule has 19 heavy (non-hydrogen) atoms. The van der Waals surface area contributed by atoms with E-state index in [-0.39, 0.29) is 30.4 Å². The van der Waals surface area contributed by atoms with Crippen LogP contribution in [0.3, 0.4) is 0 Å². The van der Waals surface area contributed by atoms with Gasteiger partial charge in [0.15, 0.2) is 0 Å². The third-order valence-corrected chi connectivity index (χ3v) is 2.73. The van der Waals surface area contributed by atoms with E-state index in [0.717, 1.165) is 0 Å². The Morgan fingerprint density at radius 1 is 1.37 bits per heavy atom. The van der Waals surface area contributed by atoms with Gasteiger partial charge in [-0.05, 0) is 38.5 Å². The van der Waals surface area contributed by atoms with Gasteiger partial charge in [0.05, 0.1) is 0 Å². The van der Waals surface area contributed by atoms with Gasteiger partial charge in [0.2, 0.25) is 5.91 Å². The largest absolute Gasteiger partial charge is 0.396 e. The summed E-state index contributed by atoms with van der Waals surface area (Å²) >= 11 is 0. The van der Waals surface area contributed by atoms with Crippen molar-refractivity contribution >= 4 is 11.6 Å². The summed E-state index contributed by atoms with van der Waals surface area (Å²) in [6, 6.07) is 5.96. The lowest BCUT2D eigenvalue weighted by Crippen LogP contribution is -2.37. The third kappa shape index (κ3) is 6.31. The SMILES string of the molecule is CC(CC(=O)Nc1cccc(F)c1)N[C@H](C)CCO. The molecule has 0 aromatic heterocycles. The zero-order valence-electron chi connectivity index (χ0n) is 11.3. The summed E-state index contributed by atoms with van der Waals surface area (Å²) in [7, 11) is 0. The van der Waals surface area contributed by atoms with Gasteiger partial charge in [0, 0.05) is 30.8 Å². The predicted molar refractivity (Wildman–Crippen MR) is 73.4 cm³/mol. The summed E-state index contributed by atoms with van der Waals surface area (Å²) in [4.78, 5) is 11.8. The zero-order valence-corrected chi connectivity index (χ0v) is 11.3.